The topological polar surface area (TPSA) is 0 Å². The summed E-state index contributed by atoms with van der Waals surface area (Å²) in [5.41, 5.74) is 1.75. The molecule has 2 aliphatic rings. The zero-order valence-electron chi connectivity index (χ0n) is 10.9. The van der Waals surface area contributed by atoms with Gasteiger partial charge in [-0.05, 0) is 56.8 Å². The number of hydrogen-bond acceptors (Lipinski definition) is 0. The summed E-state index contributed by atoms with van der Waals surface area (Å²) in [5, 5.41) is 0. The highest BCUT2D eigenvalue weighted by atomic mass is 127. The van der Waals surface area contributed by atoms with Crippen LogP contribution in [0, 0.1) is 23.2 Å². The van der Waals surface area contributed by atoms with Crippen molar-refractivity contribution in [2.24, 2.45) is 23.2 Å². The van der Waals surface area contributed by atoms with Crippen LogP contribution in [0.5, 0.6) is 0 Å². The molecule has 0 heterocycles. The number of rotatable bonds is 2. The lowest BCUT2D eigenvalue weighted by molar-refractivity contribution is 0.218. The first kappa shape index (κ1) is 13.1. The summed E-state index contributed by atoms with van der Waals surface area (Å²) in [5.74, 6) is 1.79. The Morgan fingerprint density at radius 1 is 1.41 bits per heavy atom. The van der Waals surface area contributed by atoms with Crippen LogP contribution in [0.2, 0.25) is 0 Å². The lowest BCUT2D eigenvalue weighted by atomic mass is 9.72. The van der Waals surface area contributed by atoms with Crippen molar-refractivity contribution < 1.29 is 0 Å². The maximum Gasteiger partial charge on any atom is 0.00486 e. The van der Waals surface area contributed by atoms with Crippen molar-refractivity contribution in [3.05, 3.63) is 46.1 Å². The molecule has 3 atom stereocenters. The van der Waals surface area contributed by atoms with E-state index in [2.05, 4.69) is 80.3 Å². The predicted molar refractivity (Wildman–Crippen MR) is 84.1 cm³/mol. The van der Waals surface area contributed by atoms with Crippen LogP contribution in [0.25, 0.3) is 0 Å². The molecule has 2 aliphatic carbocycles. The van der Waals surface area contributed by atoms with E-state index < -0.39 is 0 Å². The minimum Gasteiger partial charge on any atom is -0.0989 e. The van der Waals surface area contributed by atoms with Crippen molar-refractivity contribution in [1.82, 2.24) is 0 Å². The number of halogens is 1. The summed E-state index contributed by atoms with van der Waals surface area (Å²) < 4.78 is 1.45. The summed E-state index contributed by atoms with van der Waals surface area (Å²) in [4.78, 5) is 0. The van der Waals surface area contributed by atoms with Crippen LogP contribution in [-0.2, 0) is 0 Å². The maximum atomic E-state index is 4.39. The molecule has 0 aliphatic heterocycles. The molecule has 1 heteroatoms. The van der Waals surface area contributed by atoms with Gasteiger partial charge in [0.2, 0.25) is 0 Å². The average molecular weight is 340 g/mol. The highest BCUT2D eigenvalue weighted by Crippen LogP contribution is 2.57. The Labute approximate surface area is 119 Å². The van der Waals surface area contributed by atoms with Crippen LogP contribution in [0.4, 0.5) is 0 Å². The molecule has 17 heavy (non-hydrogen) atoms. The Balaban J connectivity index is 2.31. The van der Waals surface area contributed by atoms with E-state index in [1.54, 1.807) is 0 Å². The molecule has 0 aromatic rings. The predicted octanol–water partition coefficient (Wildman–Crippen LogP) is 5.29. The van der Waals surface area contributed by atoms with Gasteiger partial charge in [-0.1, -0.05) is 56.4 Å². The first-order valence-corrected chi connectivity index (χ1v) is 7.40. The van der Waals surface area contributed by atoms with E-state index in [9.17, 15) is 0 Å². The molecule has 0 N–H and O–H groups in total. The van der Waals surface area contributed by atoms with Gasteiger partial charge < -0.3 is 0 Å². The van der Waals surface area contributed by atoms with Crippen LogP contribution in [0.15, 0.2) is 46.1 Å². The first-order chi connectivity index (χ1) is 7.98. The van der Waals surface area contributed by atoms with Gasteiger partial charge >= 0.3 is 0 Å². The lowest BCUT2D eigenvalue weighted by Crippen LogP contribution is -2.26. The van der Waals surface area contributed by atoms with Gasteiger partial charge in [0, 0.05) is 5.92 Å². The van der Waals surface area contributed by atoms with Crippen LogP contribution in [0.3, 0.4) is 0 Å². The van der Waals surface area contributed by atoms with Crippen molar-refractivity contribution in [2.75, 3.05) is 0 Å². The molecule has 0 radical (unpaired) electrons. The van der Waals surface area contributed by atoms with Crippen molar-refractivity contribution >= 4 is 22.6 Å². The Bertz CT molecular complexity index is 409. The van der Waals surface area contributed by atoms with Crippen LogP contribution < -0.4 is 0 Å². The maximum absolute atomic E-state index is 4.39. The molecule has 0 aromatic carbocycles. The fraction of sp³-hybridized carbons (Fsp3) is 0.500. The summed E-state index contributed by atoms with van der Waals surface area (Å²) >= 11 is 2.46. The van der Waals surface area contributed by atoms with E-state index in [1.165, 1.54) is 9.15 Å². The van der Waals surface area contributed by atoms with Crippen molar-refractivity contribution in [1.29, 1.82) is 0 Å². The monoisotopic (exact) mass is 340 g/mol. The van der Waals surface area contributed by atoms with Gasteiger partial charge in [0.05, 0.1) is 0 Å². The Hall–Kier alpha value is -0.310. The van der Waals surface area contributed by atoms with Crippen LogP contribution >= 0.6 is 22.6 Å². The van der Waals surface area contributed by atoms with E-state index >= 15 is 0 Å². The molecule has 0 nitrogen and oxygen atoms in total. The summed E-state index contributed by atoms with van der Waals surface area (Å²) in [7, 11) is 0. The van der Waals surface area contributed by atoms with Gasteiger partial charge in [-0.2, -0.15) is 0 Å². The smallest absolute Gasteiger partial charge is 0.00486 e. The molecule has 0 amide bonds. The Morgan fingerprint density at radius 2 is 2.06 bits per heavy atom. The fourth-order valence-corrected chi connectivity index (χ4v) is 3.76. The summed E-state index contributed by atoms with van der Waals surface area (Å²) in [6.07, 6.45) is 12.4. The van der Waals surface area contributed by atoms with Crippen LogP contribution in [-0.4, -0.2) is 0 Å². The summed E-state index contributed by atoms with van der Waals surface area (Å²) in [6.45, 7) is 11.3. The van der Waals surface area contributed by atoms with Gasteiger partial charge in [0.25, 0.3) is 0 Å². The Morgan fingerprint density at radius 3 is 2.65 bits per heavy atom. The van der Waals surface area contributed by atoms with E-state index in [0.29, 0.717) is 23.2 Å². The molecule has 1 saturated carbocycles. The zero-order chi connectivity index (χ0) is 12.6. The van der Waals surface area contributed by atoms with Gasteiger partial charge in [0.1, 0.15) is 0 Å². The molecular weight excluding hydrogens is 319 g/mol. The van der Waals surface area contributed by atoms with E-state index in [4.69, 9.17) is 0 Å². The SMILES string of the molecule is C=C1C2C=CC=CC2C(C)(C)C1C/C(I)=C\C. The average Bonchev–Trinajstić information content (AvgIpc) is 2.51. The third-order valence-corrected chi connectivity index (χ3v) is 5.54. The minimum absolute atomic E-state index is 0.322. The molecule has 3 unspecified atom stereocenters. The van der Waals surface area contributed by atoms with E-state index in [-0.39, 0.29) is 0 Å². The zero-order valence-corrected chi connectivity index (χ0v) is 13.1. The van der Waals surface area contributed by atoms with Crippen molar-refractivity contribution in [2.45, 2.75) is 27.2 Å². The van der Waals surface area contributed by atoms with E-state index in [0.717, 1.165) is 6.42 Å². The van der Waals surface area contributed by atoms with E-state index in [1.807, 2.05) is 0 Å². The first-order valence-electron chi connectivity index (χ1n) is 6.33. The molecule has 0 spiro atoms. The second-order valence-electron chi connectivity index (χ2n) is 5.71. The number of allylic oxidation sites excluding steroid dienone is 7. The molecule has 0 bridgehead atoms. The standard InChI is InChI=1S/C16H21I/c1-5-12(17)10-15-11(2)13-8-6-7-9-14(13)16(15,3)4/h5-9,13-15H,2,10H2,1,3-4H3/b12-5+. The third-order valence-electron chi connectivity index (χ3n) is 4.48. The molecule has 2 rings (SSSR count). The molecule has 0 saturated heterocycles. The highest BCUT2D eigenvalue weighted by molar-refractivity contribution is 14.1. The highest BCUT2D eigenvalue weighted by Gasteiger charge is 2.49. The Kier molecular flexibility index (Phi) is 3.67. The molecule has 1 fully saturated rings. The minimum atomic E-state index is 0.322. The van der Waals surface area contributed by atoms with Gasteiger partial charge in [-0.3, -0.25) is 0 Å². The van der Waals surface area contributed by atoms with Crippen molar-refractivity contribution in [3.8, 4) is 0 Å². The van der Waals surface area contributed by atoms with Gasteiger partial charge in [0.15, 0.2) is 0 Å². The lowest BCUT2D eigenvalue weighted by Gasteiger charge is -2.32. The van der Waals surface area contributed by atoms with Crippen molar-refractivity contribution in [3.63, 3.8) is 0 Å². The van der Waals surface area contributed by atoms with Crippen LogP contribution in [0.1, 0.15) is 27.2 Å². The largest absolute Gasteiger partial charge is 0.0989 e. The number of hydrogen-bond donors (Lipinski definition) is 0. The van der Waals surface area contributed by atoms with Gasteiger partial charge in [-0.25, -0.2) is 0 Å². The second kappa shape index (κ2) is 4.75. The van der Waals surface area contributed by atoms with Gasteiger partial charge in [-0.15, -0.1) is 0 Å². The molecule has 0 aromatic heterocycles. The summed E-state index contributed by atoms with van der Waals surface area (Å²) in [6, 6.07) is 0. The number of fused-ring (bicyclic) bond motifs is 1. The normalized spacial score (nSPS) is 35.2. The second-order valence-corrected chi connectivity index (χ2v) is 7.10. The fourth-order valence-electron chi connectivity index (χ4n) is 3.32. The third kappa shape index (κ3) is 2.18. The molecular formula is C16H21I. The quantitative estimate of drug-likeness (QED) is 0.474. The molecule has 92 valence electrons.